The van der Waals surface area contributed by atoms with E-state index >= 15 is 0 Å². The van der Waals surface area contributed by atoms with Gasteiger partial charge in [0.2, 0.25) is 0 Å². The maximum Gasteiger partial charge on any atom is 0.194 e. The highest BCUT2D eigenvalue weighted by molar-refractivity contribution is 14.0. The molecule has 0 aromatic heterocycles. The first-order valence-electron chi connectivity index (χ1n) is 12.0. The number of nitrogens with one attached hydrogen (secondary N) is 1. The van der Waals surface area contributed by atoms with E-state index in [1.54, 1.807) is 0 Å². The lowest BCUT2D eigenvalue weighted by Gasteiger charge is -2.36. The van der Waals surface area contributed by atoms with E-state index in [1.165, 1.54) is 5.56 Å². The topological polar surface area (TPSA) is 58.6 Å². The van der Waals surface area contributed by atoms with Crippen LogP contribution < -0.4 is 5.32 Å². The van der Waals surface area contributed by atoms with Gasteiger partial charge in [-0.3, -0.25) is 9.89 Å². The first-order valence-corrected chi connectivity index (χ1v) is 12.0. The molecule has 3 unspecified atom stereocenters. The van der Waals surface area contributed by atoms with Gasteiger partial charge in [-0.2, -0.15) is 0 Å². The Bertz CT molecular complexity index is 687. The van der Waals surface area contributed by atoms with Crippen molar-refractivity contribution in [1.82, 2.24) is 15.1 Å². The first kappa shape index (κ1) is 25.7. The van der Waals surface area contributed by atoms with Crippen molar-refractivity contribution in [2.45, 2.75) is 51.0 Å². The van der Waals surface area contributed by atoms with E-state index in [0.29, 0.717) is 18.8 Å². The predicted molar refractivity (Wildman–Crippen MR) is 138 cm³/mol. The van der Waals surface area contributed by atoms with Crippen molar-refractivity contribution in [1.29, 1.82) is 0 Å². The van der Waals surface area contributed by atoms with Gasteiger partial charge in [-0.1, -0.05) is 30.3 Å². The molecule has 3 heterocycles. The highest BCUT2D eigenvalue weighted by Crippen LogP contribution is 2.24. The third-order valence-corrected chi connectivity index (χ3v) is 6.32. The van der Waals surface area contributed by atoms with Gasteiger partial charge in [0, 0.05) is 52.5 Å². The summed E-state index contributed by atoms with van der Waals surface area (Å²) in [6, 6.07) is 11.2. The van der Waals surface area contributed by atoms with Crippen molar-refractivity contribution < 1.29 is 14.2 Å². The minimum Gasteiger partial charge on any atom is -0.379 e. The summed E-state index contributed by atoms with van der Waals surface area (Å²) in [6.07, 6.45) is 3.76. The van der Waals surface area contributed by atoms with E-state index in [4.69, 9.17) is 19.2 Å². The van der Waals surface area contributed by atoms with Crippen LogP contribution in [-0.2, 0) is 20.8 Å². The molecule has 1 aromatic carbocycles. The second-order valence-corrected chi connectivity index (χ2v) is 8.64. The summed E-state index contributed by atoms with van der Waals surface area (Å²) < 4.78 is 17.5. The largest absolute Gasteiger partial charge is 0.379 e. The Morgan fingerprint density at radius 2 is 2.06 bits per heavy atom. The molecule has 8 heteroatoms. The van der Waals surface area contributed by atoms with Gasteiger partial charge >= 0.3 is 0 Å². The summed E-state index contributed by atoms with van der Waals surface area (Å²) in [5, 5.41) is 3.48. The fourth-order valence-electron chi connectivity index (χ4n) is 4.71. The molecule has 3 saturated heterocycles. The number of fused-ring (bicyclic) bond motifs is 1. The number of rotatable bonds is 9. The van der Waals surface area contributed by atoms with Crippen LogP contribution in [0.25, 0.3) is 0 Å². The van der Waals surface area contributed by atoms with Crippen LogP contribution in [-0.4, -0.2) is 93.2 Å². The second kappa shape index (κ2) is 13.7. The molecule has 32 heavy (non-hydrogen) atoms. The van der Waals surface area contributed by atoms with Crippen LogP contribution in [0, 0.1) is 0 Å². The summed E-state index contributed by atoms with van der Waals surface area (Å²) in [6.45, 7) is 10.7. The number of hydrogen-bond donors (Lipinski definition) is 1. The first-order chi connectivity index (χ1) is 15.3. The number of aliphatic imine (C=N–C) groups is 1. The fourth-order valence-corrected chi connectivity index (χ4v) is 4.71. The summed E-state index contributed by atoms with van der Waals surface area (Å²) in [4.78, 5) is 9.82. The highest BCUT2D eigenvalue weighted by Gasteiger charge is 2.41. The zero-order valence-corrected chi connectivity index (χ0v) is 21.6. The van der Waals surface area contributed by atoms with Gasteiger partial charge < -0.3 is 24.4 Å². The molecule has 0 radical (unpaired) electrons. The van der Waals surface area contributed by atoms with E-state index < -0.39 is 0 Å². The monoisotopic (exact) mass is 558 g/mol. The second-order valence-electron chi connectivity index (χ2n) is 8.64. The van der Waals surface area contributed by atoms with Gasteiger partial charge in [0.1, 0.15) is 0 Å². The van der Waals surface area contributed by atoms with Crippen molar-refractivity contribution in [2.24, 2.45) is 4.99 Å². The van der Waals surface area contributed by atoms with Crippen LogP contribution in [0.4, 0.5) is 0 Å². The van der Waals surface area contributed by atoms with E-state index in [9.17, 15) is 0 Å². The van der Waals surface area contributed by atoms with E-state index in [1.807, 2.05) is 0 Å². The molecular weight excluding hydrogens is 519 g/mol. The predicted octanol–water partition coefficient (Wildman–Crippen LogP) is 2.74. The fraction of sp³-hybridized carbons (Fsp3) is 0.708. The lowest BCUT2D eigenvalue weighted by Crippen LogP contribution is -2.50. The third-order valence-electron chi connectivity index (χ3n) is 6.32. The van der Waals surface area contributed by atoms with Crippen LogP contribution in [0.2, 0.25) is 0 Å². The quantitative estimate of drug-likeness (QED) is 0.218. The molecule has 3 aliphatic heterocycles. The Morgan fingerprint density at radius 1 is 1.19 bits per heavy atom. The van der Waals surface area contributed by atoms with Crippen molar-refractivity contribution in [3.63, 3.8) is 0 Å². The van der Waals surface area contributed by atoms with Gasteiger partial charge in [0.25, 0.3) is 0 Å². The van der Waals surface area contributed by atoms with Gasteiger partial charge in [0.15, 0.2) is 5.96 Å². The minimum absolute atomic E-state index is 0. The standard InChI is InChI=1S/C24H38N4O3.HI/c1-2-25-24(26-11-7-13-29-19-21-10-6-14-30-21)28-17-22-23(18-28)31-15-12-27(22)16-20-8-4-3-5-9-20;/h3-5,8-9,21-23H,2,6-7,10-19H2,1H3,(H,25,26);1H. The summed E-state index contributed by atoms with van der Waals surface area (Å²) in [5.74, 6) is 0.999. The zero-order chi connectivity index (χ0) is 21.3. The summed E-state index contributed by atoms with van der Waals surface area (Å²) in [7, 11) is 0. The molecule has 0 amide bonds. The molecule has 3 aliphatic rings. The Kier molecular flexibility index (Phi) is 11.0. The number of guanidine groups is 1. The van der Waals surface area contributed by atoms with Crippen LogP contribution in [0.3, 0.4) is 0 Å². The average Bonchev–Trinajstić information content (AvgIpc) is 3.46. The molecule has 3 atom stereocenters. The molecule has 4 rings (SSSR count). The number of halogens is 1. The maximum atomic E-state index is 6.14. The Balaban J connectivity index is 0.00000289. The van der Waals surface area contributed by atoms with E-state index in [-0.39, 0.29) is 30.1 Å². The highest BCUT2D eigenvalue weighted by atomic mass is 127. The van der Waals surface area contributed by atoms with E-state index in [2.05, 4.69) is 52.4 Å². The van der Waals surface area contributed by atoms with Crippen molar-refractivity contribution in [3.05, 3.63) is 35.9 Å². The lowest BCUT2D eigenvalue weighted by atomic mass is 10.1. The van der Waals surface area contributed by atoms with E-state index in [0.717, 1.165) is 84.3 Å². The Labute approximate surface area is 209 Å². The van der Waals surface area contributed by atoms with Crippen molar-refractivity contribution in [3.8, 4) is 0 Å². The molecular formula is C24H39IN4O3. The molecule has 0 aliphatic carbocycles. The Hall–Kier alpha value is -0.940. The average molecular weight is 559 g/mol. The number of benzene rings is 1. The molecule has 7 nitrogen and oxygen atoms in total. The summed E-state index contributed by atoms with van der Waals surface area (Å²) >= 11 is 0. The smallest absolute Gasteiger partial charge is 0.194 e. The van der Waals surface area contributed by atoms with Gasteiger partial charge in [-0.25, -0.2) is 0 Å². The van der Waals surface area contributed by atoms with Crippen LogP contribution >= 0.6 is 24.0 Å². The molecule has 0 spiro atoms. The summed E-state index contributed by atoms with van der Waals surface area (Å²) in [5.41, 5.74) is 1.37. The van der Waals surface area contributed by atoms with Crippen molar-refractivity contribution in [2.75, 3.05) is 59.2 Å². The Morgan fingerprint density at radius 3 is 2.84 bits per heavy atom. The molecule has 0 bridgehead atoms. The van der Waals surface area contributed by atoms with Gasteiger partial charge in [-0.05, 0) is 31.7 Å². The van der Waals surface area contributed by atoms with Crippen LogP contribution in [0.15, 0.2) is 35.3 Å². The number of hydrogen-bond acceptors (Lipinski definition) is 5. The van der Waals surface area contributed by atoms with Gasteiger partial charge in [-0.15, -0.1) is 24.0 Å². The maximum absolute atomic E-state index is 6.14. The molecule has 0 saturated carbocycles. The number of nitrogens with zero attached hydrogens (tertiary/aromatic N) is 3. The van der Waals surface area contributed by atoms with Crippen LogP contribution in [0.1, 0.15) is 31.7 Å². The minimum atomic E-state index is 0. The molecule has 180 valence electrons. The third kappa shape index (κ3) is 7.28. The normalized spacial score (nSPS) is 26.1. The molecule has 1 N–H and O–H groups in total. The zero-order valence-electron chi connectivity index (χ0n) is 19.3. The number of morpholine rings is 1. The molecule has 3 fully saturated rings. The number of ether oxygens (including phenoxy) is 3. The van der Waals surface area contributed by atoms with Gasteiger partial charge in [0.05, 0.1) is 31.5 Å². The SMILES string of the molecule is CCNC(=NCCCOCC1CCCO1)N1CC2OCCN(Cc3ccccc3)C2C1.I. The molecule has 1 aromatic rings. The lowest BCUT2D eigenvalue weighted by molar-refractivity contribution is -0.0502. The number of likely N-dealkylation sites (tertiary alicyclic amines) is 1. The van der Waals surface area contributed by atoms with Crippen molar-refractivity contribution >= 4 is 29.9 Å². The van der Waals surface area contributed by atoms with Crippen LogP contribution in [0.5, 0.6) is 0 Å².